The minimum absolute atomic E-state index is 0. The summed E-state index contributed by atoms with van der Waals surface area (Å²) in [5, 5.41) is 0. The molecule has 0 aromatic heterocycles. The maximum absolute atomic E-state index is 9.44. The molecule has 0 aliphatic rings. The van der Waals surface area contributed by atoms with Crippen LogP contribution in [0.25, 0.3) is 0 Å². The fraction of sp³-hybridized carbons (Fsp3) is 0.333. The number of hydrogen-bond acceptors (Lipinski definition) is 2. The zero-order valence-electron chi connectivity index (χ0n) is 3.20. The Morgan fingerprint density at radius 1 is 1.67 bits per heavy atom. The summed E-state index contributed by atoms with van der Waals surface area (Å²) in [7, 11) is 0. The molecule has 0 aromatic carbocycles. The molecule has 0 unspecified atom stereocenters. The van der Waals surface area contributed by atoms with Gasteiger partial charge >= 0.3 is 0 Å². The van der Waals surface area contributed by atoms with Crippen LogP contribution in [0.15, 0.2) is 0 Å². The van der Waals surface area contributed by atoms with Crippen LogP contribution in [0.5, 0.6) is 0 Å². The van der Waals surface area contributed by atoms with Gasteiger partial charge < -0.3 is 0 Å². The first-order chi connectivity index (χ1) is 2.27. The molecule has 39 valence electrons. The Morgan fingerprint density at radius 2 is 1.83 bits per heavy atom. The van der Waals surface area contributed by atoms with E-state index in [0.717, 1.165) is 0 Å². The van der Waals surface area contributed by atoms with Crippen LogP contribution in [0.2, 0.25) is 0 Å². The third kappa shape index (κ3) is 8.95. The second-order valence-electron chi connectivity index (χ2n) is 0.729. The number of carbonyl (C=O) groups excluding carboxylic acids is 2. The van der Waals surface area contributed by atoms with Gasteiger partial charge in [-0.05, 0) is 0 Å². The van der Waals surface area contributed by atoms with Gasteiger partial charge in [-0.3, -0.25) is 9.59 Å². The zero-order chi connectivity index (χ0) is 4.28. The molecule has 0 saturated carbocycles. The van der Waals surface area contributed by atoms with E-state index in [4.69, 9.17) is 4.79 Å². The molecule has 0 aromatic rings. The van der Waals surface area contributed by atoms with Crippen molar-refractivity contribution in [2.24, 2.45) is 0 Å². The molecule has 1 radical (unpaired) electrons. The molecule has 3 heteroatoms. The van der Waals surface area contributed by atoms with E-state index in [1.807, 2.05) is 0 Å². The molecule has 0 aliphatic heterocycles. The Bertz CT molecular complexity index is 59.8. The Morgan fingerprint density at radius 3 is 1.83 bits per heavy atom. The van der Waals surface area contributed by atoms with Crippen molar-refractivity contribution in [2.75, 3.05) is 0 Å². The number of rotatable bonds is 1. The summed E-state index contributed by atoms with van der Waals surface area (Å²) in [4.78, 5) is 18.6. The average molecular weight is 269 g/mol. The van der Waals surface area contributed by atoms with Gasteiger partial charge in [0.05, 0.1) is 0 Å². The van der Waals surface area contributed by atoms with Crippen molar-refractivity contribution in [3.05, 3.63) is 0 Å². The maximum Gasteiger partial charge on any atom is 0.192 e. The van der Waals surface area contributed by atoms with Crippen LogP contribution >= 0.6 is 0 Å². The van der Waals surface area contributed by atoms with Crippen LogP contribution in [-0.4, -0.2) is 12.1 Å². The first-order valence-electron chi connectivity index (χ1n) is 1.23. The molecule has 0 N–H and O–H groups in total. The molecule has 0 aliphatic carbocycles. The van der Waals surface area contributed by atoms with E-state index in [1.165, 1.54) is 6.92 Å². The predicted molar refractivity (Wildman–Crippen MR) is 16.7 cm³/mol. The molecule has 0 rings (SSSR count). The Labute approximate surface area is 51.4 Å². The van der Waals surface area contributed by atoms with E-state index in [-0.39, 0.29) is 28.7 Å². The van der Waals surface area contributed by atoms with E-state index in [0.29, 0.717) is 0 Å². The molecule has 0 atom stereocenters. The molecule has 0 bridgehead atoms. The van der Waals surface area contributed by atoms with Gasteiger partial charge in [-0.1, -0.05) is 0 Å². The largest absolute Gasteiger partial charge is 0.295 e. The van der Waals surface area contributed by atoms with E-state index in [1.54, 1.807) is 0 Å². The van der Waals surface area contributed by atoms with E-state index in [2.05, 4.69) is 0 Å². The monoisotopic (exact) mass is 269 g/mol. The van der Waals surface area contributed by atoms with Crippen molar-refractivity contribution in [2.45, 2.75) is 6.92 Å². The summed E-state index contributed by atoms with van der Waals surface area (Å²) in [6.07, 6.45) is 0.278. The Balaban J connectivity index is 0. The van der Waals surface area contributed by atoms with Crippen LogP contribution in [0.3, 0.4) is 0 Å². The molecular weight excluding hydrogens is 265 g/mol. The summed E-state index contributed by atoms with van der Waals surface area (Å²) in [5.41, 5.74) is 0. The summed E-state index contributed by atoms with van der Waals surface area (Å²) >= 11 is 0. The van der Waals surface area contributed by atoms with E-state index >= 15 is 0 Å². The molecule has 0 fully saturated rings. The second-order valence-corrected chi connectivity index (χ2v) is 0.729. The van der Waals surface area contributed by atoms with Crippen LogP contribution in [0, 0.1) is 0 Å². The third-order valence-electron chi connectivity index (χ3n) is 0.166. The van der Waals surface area contributed by atoms with Crippen molar-refractivity contribution < 1.29 is 32.0 Å². The van der Waals surface area contributed by atoms with Gasteiger partial charge in [0.2, 0.25) is 0 Å². The average Bonchev–Trinajstić information content (AvgIpc) is 1.38. The molecule has 6 heavy (non-hydrogen) atoms. The Kier molecular flexibility index (Phi) is 7.98. The van der Waals surface area contributed by atoms with Crippen molar-refractivity contribution in [1.29, 1.82) is 0 Å². The maximum atomic E-state index is 9.44. The van der Waals surface area contributed by atoms with Gasteiger partial charge in [0.1, 0.15) is 0 Å². The summed E-state index contributed by atoms with van der Waals surface area (Å²) in [5.74, 6) is -0.426. The number of aldehydes is 1. The van der Waals surface area contributed by atoms with Gasteiger partial charge in [0.25, 0.3) is 0 Å². The number of Topliss-reactive ketones (excluding diaryl/α,β-unsaturated/α-hetero) is 1. The first kappa shape index (κ1) is 9.43. The summed E-state index contributed by atoms with van der Waals surface area (Å²) in [6, 6.07) is 0. The van der Waals surface area contributed by atoms with Crippen molar-refractivity contribution in [3.8, 4) is 0 Å². The molecule has 0 spiro atoms. The number of carbonyl (C=O) groups is 2. The van der Waals surface area contributed by atoms with Gasteiger partial charge in [-0.2, -0.15) is 0 Å². The van der Waals surface area contributed by atoms with Gasteiger partial charge in [-0.25, -0.2) is 0 Å². The molecule has 0 amide bonds. The minimum Gasteiger partial charge on any atom is -0.295 e. The van der Waals surface area contributed by atoms with Gasteiger partial charge in [-0.15, -0.1) is 0 Å². The normalized spacial score (nSPS) is 5.50. The van der Waals surface area contributed by atoms with Gasteiger partial charge in [0.15, 0.2) is 12.1 Å². The second kappa shape index (κ2) is 5.08. The SMILES string of the molecule is CC(=O)C=O.[Au]. The van der Waals surface area contributed by atoms with Crippen LogP contribution in [0.1, 0.15) is 6.92 Å². The zero-order valence-corrected chi connectivity index (χ0v) is 5.36. The van der Waals surface area contributed by atoms with Crippen molar-refractivity contribution in [3.63, 3.8) is 0 Å². The standard InChI is InChI=1S/C3H4O2.Au/c1-3(5)2-4;/h2H,1H3;. The van der Waals surface area contributed by atoms with Gasteiger partial charge in [0, 0.05) is 29.3 Å². The third-order valence-corrected chi connectivity index (χ3v) is 0.166. The van der Waals surface area contributed by atoms with E-state index < -0.39 is 5.78 Å². The summed E-state index contributed by atoms with van der Waals surface area (Å²) < 4.78 is 0. The van der Waals surface area contributed by atoms with Crippen LogP contribution in [-0.2, 0) is 32.0 Å². The topological polar surface area (TPSA) is 34.1 Å². The van der Waals surface area contributed by atoms with Crippen LogP contribution in [0.4, 0.5) is 0 Å². The smallest absolute Gasteiger partial charge is 0.192 e. The fourth-order valence-electron chi connectivity index (χ4n) is 0. The molecule has 0 heterocycles. The molecule has 2 nitrogen and oxygen atoms in total. The fourth-order valence-corrected chi connectivity index (χ4v) is 0. The Hall–Kier alpha value is 0.0803. The van der Waals surface area contributed by atoms with E-state index in [9.17, 15) is 4.79 Å². The number of hydrogen-bond donors (Lipinski definition) is 0. The summed E-state index contributed by atoms with van der Waals surface area (Å²) in [6.45, 7) is 1.22. The van der Waals surface area contributed by atoms with Crippen molar-refractivity contribution >= 4 is 12.1 Å². The quantitative estimate of drug-likeness (QED) is 0.374. The minimum atomic E-state index is -0.426. The molecule has 0 saturated heterocycles. The van der Waals surface area contributed by atoms with Crippen LogP contribution < -0.4 is 0 Å². The predicted octanol–water partition coefficient (Wildman–Crippen LogP) is -0.228. The van der Waals surface area contributed by atoms with Crippen molar-refractivity contribution in [1.82, 2.24) is 0 Å². The molecular formula is C3H4AuO2. The number of ketones is 1. The first-order valence-corrected chi connectivity index (χ1v) is 1.23.